The Bertz CT molecular complexity index is 278. The zero-order valence-electron chi connectivity index (χ0n) is 9.67. The Labute approximate surface area is 139 Å². The molecule has 1 fully saturated rings. The summed E-state index contributed by atoms with van der Waals surface area (Å²) in [5, 5.41) is 8.73. The van der Waals surface area contributed by atoms with Crippen LogP contribution in [0.2, 0.25) is 0 Å². The Balaban J connectivity index is 0.00000225. The van der Waals surface area contributed by atoms with Gasteiger partial charge in [0.25, 0.3) is 10.1 Å². The molecule has 0 spiro atoms. The van der Waals surface area contributed by atoms with E-state index in [2.05, 4.69) is 4.90 Å². The maximum atomic E-state index is 10.5. The molecule has 8 heteroatoms. The van der Waals surface area contributed by atoms with Crippen LogP contribution >= 0.6 is 0 Å². The Kier molecular flexibility index (Phi) is 9.27. The predicted octanol–water partition coefficient (Wildman–Crippen LogP) is -4.51. The van der Waals surface area contributed by atoms with Crippen LogP contribution in [0.4, 0.5) is 0 Å². The van der Waals surface area contributed by atoms with Crippen LogP contribution in [0.25, 0.3) is 0 Å². The average molecular weight is 277 g/mol. The van der Waals surface area contributed by atoms with Gasteiger partial charge in [-0.1, -0.05) is 0 Å². The normalized spacial score (nSPS) is 19.4. The third kappa shape index (κ3) is 7.69. The molecule has 0 unspecified atom stereocenters. The maximum Gasteiger partial charge on any atom is 1.00 e. The molecule has 1 heterocycles. The van der Waals surface area contributed by atoms with E-state index in [4.69, 9.17) is 9.66 Å². The minimum Gasteiger partial charge on any atom is -0.395 e. The van der Waals surface area contributed by atoms with Crippen LogP contribution in [-0.2, 0) is 10.1 Å². The van der Waals surface area contributed by atoms with E-state index in [0.29, 0.717) is 13.1 Å². The summed E-state index contributed by atoms with van der Waals surface area (Å²) in [6, 6.07) is 0. The number of nitrogens with zero attached hydrogens (tertiary/aromatic N) is 2. The monoisotopic (exact) mass is 277 g/mol. The van der Waals surface area contributed by atoms with Crippen molar-refractivity contribution in [3.8, 4) is 0 Å². The molecule has 1 aliphatic heterocycles. The Morgan fingerprint density at radius 2 is 1.44 bits per heavy atom. The van der Waals surface area contributed by atoms with Gasteiger partial charge in [0.2, 0.25) is 0 Å². The van der Waals surface area contributed by atoms with Crippen molar-refractivity contribution in [3.05, 3.63) is 0 Å². The van der Waals surface area contributed by atoms with E-state index in [9.17, 15) is 8.42 Å². The minimum absolute atomic E-state index is 0. The standard InChI is InChI=1S/C8H18N2O4S.K/c11-7-5-9-1-3-10(4-2-9)6-8-15(12,13)14;/h11H,1-8H2,(H,12,13,14);/q;+1. The van der Waals surface area contributed by atoms with E-state index in [1.807, 2.05) is 4.90 Å². The summed E-state index contributed by atoms with van der Waals surface area (Å²) in [6.07, 6.45) is 0. The Morgan fingerprint density at radius 1 is 1.00 bits per heavy atom. The zero-order valence-corrected chi connectivity index (χ0v) is 13.6. The van der Waals surface area contributed by atoms with E-state index in [1.165, 1.54) is 0 Å². The van der Waals surface area contributed by atoms with Gasteiger partial charge in [-0.05, 0) is 0 Å². The molecule has 0 aliphatic carbocycles. The van der Waals surface area contributed by atoms with Crippen LogP contribution in [0.15, 0.2) is 0 Å². The van der Waals surface area contributed by atoms with Crippen molar-refractivity contribution in [2.24, 2.45) is 0 Å². The first-order valence-corrected chi connectivity index (χ1v) is 6.63. The van der Waals surface area contributed by atoms with Crippen LogP contribution in [0.5, 0.6) is 0 Å². The molecule has 1 aliphatic rings. The van der Waals surface area contributed by atoms with E-state index in [0.717, 1.165) is 26.2 Å². The molecular formula is C8H18KN2O4S+. The van der Waals surface area contributed by atoms with E-state index in [1.54, 1.807) is 0 Å². The second-order valence-electron chi connectivity index (χ2n) is 3.69. The van der Waals surface area contributed by atoms with Gasteiger partial charge in [0, 0.05) is 39.3 Å². The topological polar surface area (TPSA) is 81.1 Å². The van der Waals surface area contributed by atoms with Crippen LogP contribution in [0, 0.1) is 0 Å². The summed E-state index contributed by atoms with van der Waals surface area (Å²) in [5.74, 6) is -0.201. The van der Waals surface area contributed by atoms with Gasteiger partial charge in [0.1, 0.15) is 0 Å². The molecule has 0 radical (unpaired) electrons. The summed E-state index contributed by atoms with van der Waals surface area (Å²) >= 11 is 0. The van der Waals surface area contributed by atoms with Crippen LogP contribution in [0.1, 0.15) is 0 Å². The fraction of sp³-hybridized carbons (Fsp3) is 1.00. The SMILES string of the molecule is O=S(=O)(O)CCN1CCN(CCO)CC1.[K+]. The average Bonchev–Trinajstić information content (AvgIpc) is 2.16. The maximum absolute atomic E-state index is 10.5. The van der Waals surface area contributed by atoms with Gasteiger partial charge in [-0.25, -0.2) is 0 Å². The van der Waals surface area contributed by atoms with Crippen molar-refractivity contribution in [1.82, 2.24) is 9.80 Å². The van der Waals surface area contributed by atoms with Gasteiger partial charge in [-0.2, -0.15) is 8.42 Å². The largest absolute Gasteiger partial charge is 1.00 e. The fourth-order valence-corrected chi connectivity index (χ4v) is 2.11. The zero-order chi connectivity index (χ0) is 11.3. The minimum atomic E-state index is -3.84. The predicted molar refractivity (Wildman–Crippen MR) is 56.4 cm³/mol. The van der Waals surface area contributed by atoms with E-state index in [-0.39, 0.29) is 63.7 Å². The molecule has 0 aromatic heterocycles. The molecule has 0 aromatic rings. The van der Waals surface area contributed by atoms with Gasteiger partial charge in [0.15, 0.2) is 0 Å². The number of β-amino-alcohol motifs (C(OH)–C–C–N with tert-alkyl or cyclic N) is 1. The number of aliphatic hydroxyl groups excluding tert-OH is 1. The van der Waals surface area contributed by atoms with Crippen molar-refractivity contribution >= 4 is 10.1 Å². The number of rotatable bonds is 5. The molecule has 0 bridgehead atoms. The van der Waals surface area contributed by atoms with Gasteiger partial charge in [-0.15, -0.1) is 0 Å². The summed E-state index contributed by atoms with van der Waals surface area (Å²) in [6.45, 7) is 4.46. The quantitative estimate of drug-likeness (QED) is 0.389. The number of hydrogen-bond acceptors (Lipinski definition) is 5. The van der Waals surface area contributed by atoms with Gasteiger partial charge in [-0.3, -0.25) is 14.4 Å². The molecule has 6 nitrogen and oxygen atoms in total. The van der Waals surface area contributed by atoms with Crippen LogP contribution in [0.3, 0.4) is 0 Å². The van der Waals surface area contributed by atoms with Crippen molar-refractivity contribution in [2.75, 3.05) is 51.6 Å². The van der Waals surface area contributed by atoms with E-state index < -0.39 is 10.1 Å². The molecule has 0 saturated carbocycles. The molecule has 90 valence electrons. The Hall–Kier alpha value is 1.43. The summed E-state index contributed by atoms with van der Waals surface area (Å²) in [5.41, 5.74) is 0. The summed E-state index contributed by atoms with van der Waals surface area (Å²) in [4.78, 5) is 4.13. The second kappa shape index (κ2) is 8.51. The van der Waals surface area contributed by atoms with Crippen LogP contribution in [-0.4, -0.2) is 79.5 Å². The van der Waals surface area contributed by atoms with Crippen LogP contribution < -0.4 is 51.4 Å². The molecule has 1 saturated heterocycles. The van der Waals surface area contributed by atoms with Gasteiger partial charge < -0.3 is 5.11 Å². The third-order valence-corrected chi connectivity index (χ3v) is 3.25. The van der Waals surface area contributed by atoms with Crippen molar-refractivity contribution < 1.29 is 69.5 Å². The fourth-order valence-electron chi connectivity index (χ4n) is 1.62. The first kappa shape index (κ1) is 17.4. The Morgan fingerprint density at radius 3 is 1.81 bits per heavy atom. The number of aliphatic hydroxyl groups is 1. The smallest absolute Gasteiger partial charge is 0.395 e. The molecule has 0 aromatic carbocycles. The van der Waals surface area contributed by atoms with Gasteiger partial charge in [0.05, 0.1) is 12.4 Å². The van der Waals surface area contributed by atoms with Crippen molar-refractivity contribution in [3.63, 3.8) is 0 Å². The first-order chi connectivity index (χ1) is 7.01. The molecule has 0 atom stereocenters. The molecule has 0 amide bonds. The third-order valence-electron chi connectivity index (χ3n) is 2.55. The first-order valence-electron chi connectivity index (χ1n) is 5.02. The van der Waals surface area contributed by atoms with E-state index >= 15 is 0 Å². The molecule has 16 heavy (non-hydrogen) atoms. The van der Waals surface area contributed by atoms with Crippen molar-refractivity contribution in [1.29, 1.82) is 0 Å². The summed E-state index contributed by atoms with van der Waals surface area (Å²) < 4.78 is 29.6. The molecular weight excluding hydrogens is 259 g/mol. The summed E-state index contributed by atoms with van der Waals surface area (Å²) in [7, 11) is -3.84. The number of piperazine rings is 1. The molecule has 2 N–H and O–H groups in total. The van der Waals surface area contributed by atoms with Crippen molar-refractivity contribution in [2.45, 2.75) is 0 Å². The number of hydrogen-bond donors (Lipinski definition) is 2. The van der Waals surface area contributed by atoms with Gasteiger partial charge >= 0.3 is 51.4 Å². The second-order valence-corrected chi connectivity index (χ2v) is 5.27. The molecule has 1 rings (SSSR count).